The number of benzene rings is 3. The number of rotatable bonds is 16. The summed E-state index contributed by atoms with van der Waals surface area (Å²) in [5.74, 6) is 1.41. The van der Waals surface area contributed by atoms with Gasteiger partial charge in [-0.2, -0.15) is 23.5 Å². The molecule has 0 bridgehead atoms. The predicted octanol–water partition coefficient (Wildman–Crippen LogP) is 6.44. The molecule has 0 radical (unpaired) electrons. The molecule has 208 valence electrons. The first-order valence-electron chi connectivity index (χ1n) is 13.5. The van der Waals surface area contributed by atoms with Gasteiger partial charge in [0, 0.05) is 23.9 Å². The highest BCUT2D eigenvalue weighted by Crippen LogP contribution is 2.28. The molecular weight excluding hydrogens is 524 g/mol. The van der Waals surface area contributed by atoms with Crippen molar-refractivity contribution < 1.29 is 14.7 Å². The number of carbonyl (C=O) groups is 2. The number of nitrogens with one attached hydrogen (secondary N) is 2. The van der Waals surface area contributed by atoms with Crippen molar-refractivity contribution in [3.63, 3.8) is 0 Å². The van der Waals surface area contributed by atoms with Gasteiger partial charge in [0.05, 0.1) is 0 Å². The number of carboxylic acids is 1. The average Bonchev–Trinajstić information content (AvgIpc) is 2.95. The van der Waals surface area contributed by atoms with Crippen molar-refractivity contribution in [2.75, 3.05) is 23.5 Å². The van der Waals surface area contributed by atoms with E-state index in [2.05, 4.69) is 47.9 Å². The van der Waals surface area contributed by atoms with Crippen LogP contribution in [0.1, 0.15) is 46.8 Å². The molecule has 39 heavy (non-hydrogen) atoms. The van der Waals surface area contributed by atoms with E-state index in [1.807, 2.05) is 67.4 Å². The van der Waals surface area contributed by atoms with Crippen molar-refractivity contribution >= 4 is 35.4 Å². The average molecular weight is 565 g/mol. The third-order valence-corrected chi connectivity index (χ3v) is 8.41. The van der Waals surface area contributed by atoms with E-state index in [0.29, 0.717) is 30.3 Å². The van der Waals surface area contributed by atoms with Crippen LogP contribution in [0.3, 0.4) is 0 Å². The second-order valence-electron chi connectivity index (χ2n) is 9.60. The van der Waals surface area contributed by atoms with Crippen molar-refractivity contribution in [3.05, 3.63) is 95.1 Å². The summed E-state index contributed by atoms with van der Waals surface area (Å²) in [4.78, 5) is 25.1. The summed E-state index contributed by atoms with van der Waals surface area (Å²) in [5.41, 5.74) is 5.79. The Morgan fingerprint density at radius 1 is 0.923 bits per heavy atom. The molecule has 1 amide bonds. The van der Waals surface area contributed by atoms with Crippen LogP contribution >= 0.6 is 23.5 Å². The van der Waals surface area contributed by atoms with E-state index < -0.39 is 12.0 Å². The van der Waals surface area contributed by atoms with Crippen molar-refractivity contribution in [1.29, 1.82) is 0 Å². The van der Waals surface area contributed by atoms with Crippen LogP contribution < -0.4 is 10.6 Å². The van der Waals surface area contributed by atoms with E-state index in [1.165, 1.54) is 5.56 Å². The van der Waals surface area contributed by atoms with Crippen molar-refractivity contribution in [1.82, 2.24) is 10.6 Å². The van der Waals surface area contributed by atoms with Crippen LogP contribution in [0.4, 0.5) is 0 Å². The summed E-state index contributed by atoms with van der Waals surface area (Å²) in [6, 6.07) is 23.9. The minimum atomic E-state index is -1.01. The third-order valence-electron chi connectivity index (χ3n) is 6.72. The van der Waals surface area contributed by atoms with Crippen LogP contribution in [-0.2, 0) is 17.8 Å². The molecule has 0 aliphatic heterocycles. The molecule has 7 heteroatoms. The van der Waals surface area contributed by atoms with Crippen molar-refractivity contribution in [3.8, 4) is 11.1 Å². The molecule has 5 nitrogen and oxygen atoms in total. The number of hydrogen-bond donors (Lipinski definition) is 3. The maximum atomic E-state index is 13.3. The van der Waals surface area contributed by atoms with Gasteiger partial charge in [0.1, 0.15) is 6.04 Å². The summed E-state index contributed by atoms with van der Waals surface area (Å²) in [6.45, 7) is 4.91. The van der Waals surface area contributed by atoms with Crippen LogP contribution in [0.15, 0.2) is 72.8 Å². The van der Waals surface area contributed by atoms with Gasteiger partial charge in [-0.05, 0) is 83.9 Å². The van der Waals surface area contributed by atoms with E-state index in [1.54, 1.807) is 11.8 Å². The van der Waals surface area contributed by atoms with Crippen LogP contribution in [0.5, 0.6) is 0 Å². The molecule has 0 aliphatic rings. The Kier molecular flexibility index (Phi) is 12.9. The minimum absolute atomic E-state index is 0.360. The molecule has 0 aliphatic carbocycles. The van der Waals surface area contributed by atoms with Gasteiger partial charge in [0.2, 0.25) is 0 Å². The molecule has 3 aromatic carbocycles. The highest BCUT2D eigenvalue weighted by molar-refractivity contribution is 7.99. The van der Waals surface area contributed by atoms with Crippen LogP contribution in [0, 0.1) is 6.92 Å². The first kappa shape index (κ1) is 30.8. The van der Waals surface area contributed by atoms with E-state index >= 15 is 0 Å². The molecule has 0 unspecified atom stereocenters. The number of amides is 1. The zero-order chi connectivity index (χ0) is 28.0. The monoisotopic (exact) mass is 564 g/mol. The van der Waals surface area contributed by atoms with Gasteiger partial charge in [-0.15, -0.1) is 0 Å². The maximum Gasteiger partial charge on any atom is 0.326 e. The second-order valence-corrected chi connectivity index (χ2v) is 11.9. The van der Waals surface area contributed by atoms with E-state index in [4.69, 9.17) is 0 Å². The lowest BCUT2D eigenvalue weighted by atomic mass is 9.93. The molecule has 3 rings (SSSR count). The van der Waals surface area contributed by atoms with Gasteiger partial charge in [-0.25, -0.2) is 4.79 Å². The van der Waals surface area contributed by atoms with E-state index in [-0.39, 0.29) is 5.91 Å². The number of hydrogen-bond acceptors (Lipinski definition) is 5. The number of aryl methyl sites for hydroxylation is 2. The molecule has 0 saturated carbocycles. The summed E-state index contributed by atoms with van der Waals surface area (Å²) in [6.07, 6.45) is 4.38. The molecule has 0 spiro atoms. The molecule has 3 N–H and O–H groups in total. The van der Waals surface area contributed by atoms with Crippen molar-refractivity contribution in [2.24, 2.45) is 0 Å². The first-order chi connectivity index (χ1) is 18.9. The lowest BCUT2D eigenvalue weighted by molar-refractivity contribution is -0.139. The maximum absolute atomic E-state index is 13.3. The van der Waals surface area contributed by atoms with Crippen LogP contribution in [0.25, 0.3) is 11.1 Å². The third kappa shape index (κ3) is 9.75. The Morgan fingerprint density at radius 2 is 1.67 bits per heavy atom. The minimum Gasteiger partial charge on any atom is -0.480 e. The highest BCUT2D eigenvalue weighted by Gasteiger charge is 2.23. The highest BCUT2D eigenvalue weighted by atomic mass is 32.2. The largest absolute Gasteiger partial charge is 0.480 e. The first-order valence-corrected chi connectivity index (χ1v) is 16.0. The van der Waals surface area contributed by atoms with Crippen LogP contribution in [-0.4, -0.2) is 52.6 Å². The Morgan fingerprint density at radius 3 is 2.36 bits per heavy atom. The lowest BCUT2D eigenvalue weighted by Crippen LogP contribution is -2.41. The molecule has 2 atom stereocenters. The number of aliphatic carboxylic acids is 1. The zero-order valence-corrected chi connectivity index (χ0v) is 24.7. The summed E-state index contributed by atoms with van der Waals surface area (Å²) in [5, 5.41) is 16.1. The SMILES string of the molecule is CCSC[C@H](CCc1ccccc1)NCc1ccc(C(=O)N[C@@H](CCSC)C(=O)O)c(-c2ccccc2C)c1. The van der Waals surface area contributed by atoms with E-state index in [0.717, 1.165) is 46.6 Å². The predicted molar refractivity (Wildman–Crippen MR) is 167 cm³/mol. The van der Waals surface area contributed by atoms with Gasteiger partial charge >= 0.3 is 5.97 Å². The molecule has 0 saturated heterocycles. The Bertz CT molecular complexity index is 1200. The number of carbonyl (C=O) groups excluding carboxylic acids is 1. The molecule has 0 aromatic heterocycles. The summed E-state index contributed by atoms with van der Waals surface area (Å²) in [7, 11) is 0. The fourth-order valence-corrected chi connectivity index (χ4v) is 5.75. The van der Waals surface area contributed by atoms with Crippen LogP contribution in [0.2, 0.25) is 0 Å². The Hall–Kier alpha value is -2.74. The Balaban J connectivity index is 1.81. The van der Waals surface area contributed by atoms with Crippen molar-refractivity contribution in [2.45, 2.75) is 51.7 Å². The number of carboxylic acid groups (broad SMARTS) is 1. The molecule has 0 heterocycles. The topological polar surface area (TPSA) is 78.4 Å². The molecule has 0 fully saturated rings. The van der Waals surface area contributed by atoms with Gasteiger partial charge < -0.3 is 15.7 Å². The normalized spacial score (nSPS) is 12.6. The molecular formula is C32H40N2O3S2. The van der Waals surface area contributed by atoms with Gasteiger partial charge in [0.15, 0.2) is 0 Å². The van der Waals surface area contributed by atoms with Gasteiger partial charge in [-0.1, -0.05) is 67.6 Å². The Labute approximate surface area is 241 Å². The quantitative estimate of drug-likeness (QED) is 0.186. The van der Waals surface area contributed by atoms with Gasteiger partial charge in [0.25, 0.3) is 5.91 Å². The second kappa shape index (κ2) is 16.4. The van der Waals surface area contributed by atoms with E-state index in [9.17, 15) is 14.7 Å². The zero-order valence-electron chi connectivity index (χ0n) is 23.1. The van der Waals surface area contributed by atoms with Gasteiger partial charge in [-0.3, -0.25) is 4.79 Å². The standard InChI is InChI=1S/C32H40N2O3S2/c1-4-39-22-26(16-14-24-11-6-5-7-12-24)33-21-25-15-17-28(29(20-25)27-13-9-8-10-23(27)2)31(35)34-30(32(36)37)18-19-38-3/h5-13,15,17,20,26,30,33H,4,14,16,18-19,21-22H2,1-3H3,(H,34,35)(H,36,37)/t26-,30-/m0/s1. The fraction of sp³-hybridized carbons (Fsp3) is 0.375. The fourth-order valence-electron chi connectivity index (χ4n) is 4.48. The summed E-state index contributed by atoms with van der Waals surface area (Å²) >= 11 is 3.51. The number of thioether (sulfide) groups is 2. The molecule has 3 aromatic rings. The lowest BCUT2D eigenvalue weighted by Gasteiger charge is -2.20. The smallest absolute Gasteiger partial charge is 0.326 e. The summed E-state index contributed by atoms with van der Waals surface area (Å²) < 4.78 is 0.